The fraction of sp³-hybridized carbons (Fsp3) is 0.300. The summed E-state index contributed by atoms with van der Waals surface area (Å²) < 4.78 is 10.7. The summed E-state index contributed by atoms with van der Waals surface area (Å²) in [5, 5.41) is 11.9. The molecule has 0 radical (unpaired) electrons. The van der Waals surface area contributed by atoms with E-state index in [0.717, 1.165) is 11.1 Å². The molecule has 0 bridgehead atoms. The Kier molecular flexibility index (Phi) is 7.17. The van der Waals surface area contributed by atoms with Crippen molar-refractivity contribution in [1.29, 1.82) is 0 Å². The molecule has 2 unspecified atom stereocenters. The number of benzene rings is 2. The van der Waals surface area contributed by atoms with Crippen molar-refractivity contribution >= 4 is 11.9 Å². The standard InChI is InChI=1S/C20H23NO5/c1-14(26-13-16-9-6-10-17(11-16)25-2)19(22)21-18(20(23)24)12-15-7-4-3-5-8-15/h3-11,14,18H,12-13H2,1-2H3,(H,21,22)(H,23,24). The lowest BCUT2D eigenvalue weighted by molar-refractivity contribution is -0.144. The van der Waals surface area contributed by atoms with Gasteiger partial charge in [0.1, 0.15) is 17.9 Å². The fourth-order valence-electron chi connectivity index (χ4n) is 2.40. The highest BCUT2D eigenvalue weighted by Gasteiger charge is 2.23. The molecule has 138 valence electrons. The van der Waals surface area contributed by atoms with Crippen LogP contribution in [-0.4, -0.2) is 36.2 Å². The second kappa shape index (κ2) is 9.58. The molecule has 2 aromatic carbocycles. The van der Waals surface area contributed by atoms with Crippen molar-refractivity contribution in [3.8, 4) is 5.75 Å². The van der Waals surface area contributed by atoms with Crippen molar-refractivity contribution in [3.63, 3.8) is 0 Å². The van der Waals surface area contributed by atoms with E-state index in [1.165, 1.54) is 0 Å². The van der Waals surface area contributed by atoms with E-state index in [4.69, 9.17) is 9.47 Å². The number of carbonyl (C=O) groups excluding carboxylic acids is 1. The van der Waals surface area contributed by atoms with Gasteiger partial charge in [0, 0.05) is 6.42 Å². The van der Waals surface area contributed by atoms with Gasteiger partial charge in [0.15, 0.2) is 0 Å². The molecule has 0 spiro atoms. The van der Waals surface area contributed by atoms with Crippen LogP contribution in [0.2, 0.25) is 0 Å². The Balaban J connectivity index is 1.90. The van der Waals surface area contributed by atoms with Crippen molar-refractivity contribution in [2.24, 2.45) is 0 Å². The zero-order valence-electron chi connectivity index (χ0n) is 14.8. The first kappa shape index (κ1) is 19.5. The van der Waals surface area contributed by atoms with Crippen LogP contribution < -0.4 is 10.1 Å². The van der Waals surface area contributed by atoms with Gasteiger partial charge in [0.2, 0.25) is 5.91 Å². The van der Waals surface area contributed by atoms with Crippen LogP contribution in [0.15, 0.2) is 54.6 Å². The maximum Gasteiger partial charge on any atom is 0.326 e. The van der Waals surface area contributed by atoms with Gasteiger partial charge in [-0.15, -0.1) is 0 Å². The quantitative estimate of drug-likeness (QED) is 0.720. The Morgan fingerprint density at radius 2 is 1.77 bits per heavy atom. The minimum Gasteiger partial charge on any atom is -0.497 e. The summed E-state index contributed by atoms with van der Waals surface area (Å²) in [6.45, 7) is 1.82. The zero-order chi connectivity index (χ0) is 18.9. The van der Waals surface area contributed by atoms with Crippen LogP contribution in [0.4, 0.5) is 0 Å². The molecule has 0 aromatic heterocycles. The number of carbonyl (C=O) groups is 2. The summed E-state index contributed by atoms with van der Waals surface area (Å²) in [5.41, 5.74) is 1.70. The molecule has 26 heavy (non-hydrogen) atoms. The molecule has 0 saturated heterocycles. The topological polar surface area (TPSA) is 84.9 Å². The predicted molar refractivity (Wildman–Crippen MR) is 97.0 cm³/mol. The first-order chi connectivity index (χ1) is 12.5. The monoisotopic (exact) mass is 357 g/mol. The predicted octanol–water partition coefficient (Wildman–Crippen LogP) is 2.41. The summed E-state index contributed by atoms with van der Waals surface area (Å²) in [7, 11) is 1.58. The highest BCUT2D eigenvalue weighted by Crippen LogP contribution is 2.14. The minimum atomic E-state index is -1.08. The van der Waals surface area contributed by atoms with E-state index in [-0.39, 0.29) is 13.0 Å². The summed E-state index contributed by atoms with van der Waals surface area (Å²) >= 11 is 0. The summed E-state index contributed by atoms with van der Waals surface area (Å²) in [5.74, 6) is -0.838. The average molecular weight is 357 g/mol. The number of nitrogens with one attached hydrogen (secondary N) is 1. The smallest absolute Gasteiger partial charge is 0.326 e. The first-order valence-electron chi connectivity index (χ1n) is 8.31. The van der Waals surface area contributed by atoms with E-state index in [2.05, 4.69) is 5.32 Å². The van der Waals surface area contributed by atoms with Gasteiger partial charge >= 0.3 is 5.97 Å². The second-order valence-corrected chi connectivity index (χ2v) is 5.89. The van der Waals surface area contributed by atoms with Gasteiger partial charge in [-0.1, -0.05) is 42.5 Å². The highest BCUT2D eigenvalue weighted by molar-refractivity contribution is 5.86. The summed E-state index contributed by atoms with van der Waals surface area (Å²) in [4.78, 5) is 23.7. The van der Waals surface area contributed by atoms with E-state index in [1.807, 2.05) is 54.6 Å². The number of hydrogen-bond donors (Lipinski definition) is 2. The molecular weight excluding hydrogens is 334 g/mol. The van der Waals surface area contributed by atoms with E-state index >= 15 is 0 Å². The lowest BCUT2D eigenvalue weighted by atomic mass is 10.1. The van der Waals surface area contributed by atoms with Crippen LogP contribution in [0.3, 0.4) is 0 Å². The number of rotatable bonds is 9. The van der Waals surface area contributed by atoms with Crippen LogP contribution >= 0.6 is 0 Å². The van der Waals surface area contributed by atoms with Crippen LogP contribution in [0.5, 0.6) is 5.75 Å². The second-order valence-electron chi connectivity index (χ2n) is 5.89. The van der Waals surface area contributed by atoms with E-state index in [1.54, 1.807) is 14.0 Å². The van der Waals surface area contributed by atoms with E-state index in [0.29, 0.717) is 5.75 Å². The molecule has 2 N–H and O–H groups in total. The Morgan fingerprint density at radius 1 is 1.08 bits per heavy atom. The lowest BCUT2D eigenvalue weighted by Gasteiger charge is -2.18. The van der Waals surface area contributed by atoms with Crippen molar-refractivity contribution in [2.45, 2.75) is 32.1 Å². The molecule has 0 heterocycles. The minimum absolute atomic E-state index is 0.213. The molecule has 0 fully saturated rings. The SMILES string of the molecule is COc1cccc(COC(C)C(=O)NC(Cc2ccccc2)C(=O)O)c1. The Bertz CT molecular complexity index is 732. The largest absolute Gasteiger partial charge is 0.497 e. The van der Waals surface area contributed by atoms with Crippen LogP contribution in [0, 0.1) is 0 Å². The third-order valence-corrected chi connectivity index (χ3v) is 3.90. The van der Waals surface area contributed by atoms with Crippen molar-refractivity contribution in [3.05, 3.63) is 65.7 Å². The molecule has 1 amide bonds. The van der Waals surface area contributed by atoms with E-state index < -0.39 is 24.0 Å². The van der Waals surface area contributed by atoms with Crippen molar-refractivity contribution in [2.75, 3.05) is 7.11 Å². The molecule has 0 aliphatic carbocycles. The molecule has 2 atom stereocenters. The molecule has 0 saturated carbocycles. The highest BCUT2D eigenvalue weighted by atomic mass is 16.5. The Hall–Kier alpha value is -2.86. The number of ether oxygens (including phenoxy) is 2. The van der Waals surface area contributed by atoms with Gasteiger partial charge in [-0.25, -0.2) is 4.79 Å². The number of amides is 1. The molecule has 6 nitrogen and oxygen atoms in total. The number of carboxylic acids is 1. The zero-order valence-corrected chi connectivity index (χ0v) is 14.8. The van der Waals surface area contributed by atoms with Crippen LogP contribution in [0.25, 0.3) is 0 Å². The number of hydrogen-bond acceptors (Lipinski definition) is 4. The molecular formula is C20H23NO5. The maximum atomic E-state index is 12.3. The van der Waals surface area contributed by atoms with E-state index in [9.17, 15) is 14.7 Å². The van der Waals surface area contributed by atoms with Gasteiger partial charge in [-0.3, -0.25) is 4.79 Å². The lowest BCUT2D eigenvalue weighted by Crippen LogP contribution is -2.46. The van der Waals surface area contributed by atoms with Crippen molar-refractivity contribution < 1.29 is 24.2 Å². The van der Waals surface area contributed by atoms with Crippen LogP contribution in [0.1, 0.15) is 18.1 Å². The first-order valence-corrected chi connectivity index (χ1v) is 8.31. The summed E-state index contributed by atoms with van der Waals surface area (Å²) in [6, 6.07) is 15.5. The van der Waals surface area contributed by atoms with Gasteiger partial charge in [0.25, 0.3) is 0 Å². The molecule has 6 heteroatoms. The number of aliphatic carboxylic acids is 1. The normalized spacial score (nSPS) is 12.8. The third kappa shape index (κ3) is 5.89. The van der Waals surface area contributed by atoms with Gasteiger partial charge in [-0.2, -0.15) is 0 Å². The van der Waals surface area contributed by atoms with Crippen LogP contribution in [-0.2, 0) is 27.4 Å². The molecule has 0 aliphatic rings. The van der Waals surface area contributed by atoms with Crippen molar-refractivity contribution in [1.82, 2.24) is 5.32 Å². The maximum absolute atomic E-state index is 12.3. The molecule has 2 aromatic rings. The van der Waals surface area contributed by atoms with Gasteiger partial charge < -0.3 is 19.9 Å². The third-order valence-electron chi connectivity index (χ3n) is 3.90. The van der Waals surface area contributed by atoms with Gasteiger partial charge in [-0.05, 0) is 30.2 Å². The number of methoxy groups -OCH3 is 1. The average Bonchev–Trinajstić information content (AvgIpc) is 2.66. The van der Waals surface area contributed by atoms with Gasteiger partial charge in [0.05, 0.1) is 13.7 Å². The molecule has 2 rings (SSSR count). The Morgan fingerprint density at radius 3 is 2.42 bits per heavy atom. The summed E-state index contributed by atoms with van der Waals surface area (Å²) in [6.07, 6.45) is -0.566. The number of carboxylic acid groups (broad SMARTS) is 1. The molecule has 0 aliphatic heterocycles. The fourth-order valence-corrected chi connectivity index (χ4v) is 2.40. The Labute approximate surface area is 152 Å².